The van der Waals surface area contributed by atoms with Gasteiger partial charge < -0.3 is 18.8 Å². The van der Waals surface area contributed by atoms with Crippen LogP contribution < -0.4 is 4.74 Å². The normalized spacial score (nSPS) is 18.0. The smallest absolute Gasteiger partial charge is 0.410 e. The van der Waals surface area contributed by atoms with E-state index in [-0.39, 0.29) is 12.2 Å². The highest BCUT2D eigenvalue weighted by Crippen LogP contribution is 2.26. The number of furan rings is 1. The summed E-state index contributed by atoms with van der Waals surface area (Å²) < 4.78 is 17.0. The molecule has 1 amide bonds. The van der Waals surface area contributed by atoms with Crippen molar-refractivity contribution in [1.29, 1.82) is 0 Å². The van der Waals surface area contributed by atoms with Crippen molar-refractivity contribution in [3.63, 3.8) is 0 Å². The summed E-state index contributed by atoms with van der Waals surface area (Å²) in [4.78, 5) is 14.0. The SMILES string of the molecule is CC(C)(C)OC(=O)N1CCCC(Oc2cccc(-c3ccco3)c2)C1. The van der Waals surface area contributed by atoms with Crippen molar-refractivity contribution in [1.82, 2.24) is 4.90 Å². The number of ether oxygens (including phenoxy) is 2. The second-order valence-electron chi connectivity index (χ2n) is 7.31. The van der Waals surface area contributed by atoms with Gasteiger partial charge in [0, 0.05) is 12.1 Å². The first kappa shape index (κ1) is 17.4. The molecule has 3 rings (SSSR count). The molecule has 5 nitrogen and oxygen atoms in total. The maximum atomic E-state index is 12.3. The number of likely N-dealkylation sites (tertiary alicyclic amines) is 1. The monoisotopic (exact) mass is 343 g/mol. The van der Waals surface area contributed by atoms with E-state index in [1.165, 1.54) is 0 Å². The number of rotatable bonds is 3. The quantitative estimate of drug-likeness (QED) is 0.809. The Morgan fingerprint density at radius 1 is 1.24 bits per heavy atom. The second-order valence-corrected chi connectivity index (χ2v) is 7.31. The average Bonchev–Trinajstić information content (AvgIpc) is 3.08. The molecule has 0 aliphatic carbocycles. The summed E-state index contributed by atoms with van der Waals surface area (Å²) >= 11 is 0. The van der Waals surface area contributed by atoms with E-state index in [2.05, 4.69) is 0 Å². The van der Waals surface area contributed by atoms with Crippen LogP contribution in [0.3, 0.4) is 0 Å². The van der Waals surface area contributed by atoms with Gasteiger partial charge in [-0.2, -0.15) is 0 Å². The van der Waals surface area contributed by atoms with Gasteiger partial charge in [-0.05, 0) is 57.9 Å². The number of carbonyl (C=O) groups is 1. The number of carbonyl (C=O) groups excluding carboxylic acids is 1. The number of benzene rings is 1. The summed E-state index contributed by atoms with van der Waals surface area (Å²) in [6, 6.07) is 11.6. The molecule has 25 heavy (non-hydrogen) atoms. The Morgan fingerprint density at radius 3 is 2.80 bits per heavy atom. The molecule has 0 radical (unpaired) electrons. The zero-order valence-electron chi connectivity index (χ0n) is 15.0. The van der Waals surface area contributed by atoms with Crippen LogP contribution in [-0.4, -0.2) is 35.8 Å². The van der Waals surface area contributed by atoms with Gasteiger partial charge in [0.1, 0.15) is 23.2 Å². The van der Waals surface area contributed by atoms with Gasteiger partial charge in [-0.1, -0.05) is 12.1 Å². The first-order valence-corrected chi connectivity index (χ1v) is 8.69. The number of nitrogens with zero attached hydrogens (tertiary/aromatic N) is 1. The number of hydrogen-bond donors (Lipinski definition) is 0. The molecular formula is C20H25NO4. The van der Waals surface area contributed by atoms with Crippen LogP contribution in [0.2, 0.25) is 0 Å². The Morgan fingerprint density at radius 2 is 2.08 bits per heavy atom. The van der Waals surface area contributed by atoms with Crippen LogP contribution in [0.15, 0.2) is 47.1 Å². The van der Waals surface area contributed by atoms with Gasteiger partial charge in [-0.3, -0.25) is 0 Å². The lowest BCUT2D eigenvalue weighted by Gasteiger charge is -2.34. The van der Waals surface area contributed by atoms with Crippen molar-refractivity contribution in [2.75, 3.05) is 13.1 Å². The summed E-state index contributed by atoms with van der Waals surface area (Å²) in [7, 11) is 0. The van der Waals surface area contributed by atoms with Crippen molar-refractivity contribution >= 4 is 6.09 Å². The number of amides is 1. The molecule has 1 fully saturated rings. The summed E-state index contributed by atoms with van der Waals surface area (Å²) in [6.45, 7) is 6.88. The lowest BCUT2D eigenvalue weighted by atomic mass is 10.1. The maximum Gasteiger partial charge on any atom is 0.410 e. The minimum absolute atomic E-state index is 0.0341. The van der Waals surface area contributed by atoms with Crippen LogP contribution in [0.4, 0.5) is 4.79 Å². The van der Waals surface area contributed by atoms with Gasteiger partial charge in [0.25, 0.3) is 0 Å². The van der Waals surface area contributed by atoms with Gasteiger partial charge >= 0.3 is 6.09 Å². The van der Waals surface area contributed by atoms with Crippen molar-refractivity contribution < 1.29 is 18.7 Å². The van der Waals surface area contributed by atoms with Crippen molar-refractivity contribution in [3.8, 4) is 17.1 Å². The van der Waals surface area contributed by atoms with Crippen LogP contribution in [0, 0.1) is 0 Å². The van der Waals surface area contributed by atoms with E-state index in [1.54, 1.807) is 11.2 Å². The molecule has 1 atom stereocenters. The second kappa shape index (κ2) is 7.21. The van der Waals surface area contributed by atoms with Crippen molar-refractivity contribution in [3.05, 3.63) is 42.7 Å². The number of hydrogen-bond acceptors (Lipinski definition) is 4. The van der Waals surface area contributed by atoms with Crippen molar-refractivity contribution in [2.45, 2.75) is 45.3 Å². The molecule has 5 heteroatoms. The van der Waals surface area contributed by atoms with Gasteiger partial charge in [0.05, 0.1) is 12.8 Å². The van der Waals surface area contributed by atoms with E-state index in [0.717, 1.165) is 29.9 Å². The highest BCUT2D eigenvalue weighted by molar-refractivity contribution is 5.68. The molecule has 1 aromatic heterocycles. The van der Waals surface area contributed by atoms with Crippen LogP contribution in [0.1, 0.15) is 33.6 Å². The van der Waals surface area contributed by atoms with Crippen LogP contribution in [0.5, 0.6) is 5.75 Å². The van der Waals surface area contributed by atoms with Crippen molar-refractivity contribution in [2.24, 2.45) is 0 Å². The van der Waals surface area contributed by atoms with Gasteiger partial charge in [-0.15, -0.1) is 0 Å². The van der Waals surface area contributed by atoms with Gasteiger partial charge in [0.15, 0.2) is 0 Å². The Bertz CT molecular complexity index is 703. The van der Waals surface area contributed by atoms with E-state index in [1.807, 2.05) is 57.2 Å². The third-order valence-electron chi connectivity index (χ3n) is 3.97. The lowest BCUT2D eigenvalue weighted by Crippen LogP contribution is -2.46. The fourth-order valence-corrected chi connectivity index (χ4v) is 2.88. The third-order valence-corrected chi connectivity index (χ3v) is 3.97. The van der Waals surface area contributed by atoms with Crippen LogP contribution in [0.25, 0.3) is 11.3 Å². The molecule has 2 aromatic rings. The van der Waals surface area contributed by atoms with E-state index in [0.29, 0.717) is 13.1 Å². The summed E-state index contributed by atoms with van der Waals surface area (Å²) in [5.74, 6) is 1.59. The van der Waals surface area contributed by atoms with Gasteiger partial charge in [0.2, 0.25) is 0 Å². The molecule has 1 unspecified atom stereocenters. The van der Waals surface area contributed by atoms with Gasteiger partial charge in [-0.25, -0.2) is 4.79 Å². The predicted octanol–water partition coefficient (Wildman–Crippen LogP) is 4.72. The highest BCUT2D eigenvalue weighted by Gasteiger charge is 2.28. The molecule has 134 valence electrons. The Kier molecular flexibility index (Phi) is 5.02. The minimum atomic E-state index is -0.484. The van der Waals surface area contributed by atoms with E-state index in [4.69, 9.17) is 13.9 Å². The number of piperidine rings is 1. The molecule has 2 heterocycles. The fraction of sp³-hybridized carbons (Fsp3) is 0.450. The zero-order valence-corrected chi connectivity index (χ0v) is 15.0. The molecule has 0 N–H and O–H groups in total. The molecule has 0 spiro atoms. The molecule has 0 bridgehead atoms. The predicted molar refractivity (Wildman–Crippen MR) is 95.6 cm³/mol. The molecule has 1 aliphatic heterocycles. The molecule has 0 saturated carbocycles. The average molecular weight is 343 g/mol. The Hall–Kier alpha value is -2.43. The van der Waals surface area contributed by atoms with Crippen LogP contribution >= 0.6 is 0 Å². The molecule has 1 aliphatic rings. The lowest BCUT2D eigenvalue weighted by molar-refractivity contribution is 0.00776. The zero-order chi connectivity index (χ0) is 17.9. The molecule has 1 aromatic carbocycles. The maximum absolute atomic E-state index is 12.3. The summed E-state index contributed by atoms with van der Waals surface area (Å²) in [5, 5.41) is 0. The third kappa shape index (κ3) is 4.78. The molecule has 1 saturated heterocycles. The Balaban J connectivity index is 1.63. The first-order chi connectivity index (χ1) is 11.9. The topological polar surface area (TPSA) is 51.9 Å². The first-order valence-electron chi connectivity index (χ1n) is 8.69. The highest BCUT2D eigenvalue weighted by atomic mass is 16.6. The Labute approximate surface area is 148 Å². The minimum Gasteiger partial charge on any atom is -0.489 e. The summed E-state index contributed by atoms with van der Waals surface area (Å²) in [5.41, 5.74) is 0.490. The van der Waals surface area contributed by atoms with E-state index >= 15 is 0 Å². The summed E-state index contributed by atoms with van der Waals surface area (Å²) in [6.07, 6.45) is 3.17. The van der Waals surface area contributed by atoms with E-state index in [9.17, 15) is 4.79 Å². The standard InChI is InChI=1S/C20H25NO4/c1-20(2,3)25-19(22)21-11-5-9-17(14-21)24-16-8-4-7-15(13-16)18-10-6-12-23-18/h4,6-8,10,12-13,17H,5,9,11,14H2,1-3H3. The fourth-order valence-electron chi connectivity index (χ4n) is 2.88. The van der Waals surface area contributed by atoms with E-state index < -0.39 is 5.60 Å². The van der Waals surface area contributed by atoms with Crippen LogP contribution in [-0.2, 0) is 4.74 Å². The largest absolute Gasteiger partial charge is 0.489 e. The molecular weight excluding hydrogens is 318 g/mol.